The van der Waals surface area contributed by atoms with Crippen LogP contribution in [0.25, 0.3) is 0 Å². The molecule has 2 saturated heterocycles. The quantitative estimate of drug-likeness (QED) is 0.821. The summed E-state index contributed by atoms with van der Waals surface area (Å²) in [6.07, 6.45) is 7.29. The van der Waals surface area contributed by atoms with Crippen molar-refractivity contribution in [2.45, 2.75) is 50.1 Å². The second-order valence-electron chi connectivity index (χ2n) is 6.40. The van der Waals surface area contributed by atoms with Gasteiger partial charge in [-0.2, -0.15) is 11.8 Å². The molecule has 0 bridgehead atoms. The highest BCUT2D eigenvalue weighted by atomic mass is 35.5. The number of halogens is 1. The summed E-state index contributed by atoms with van der Waals surface area (Å²) in [4.78, 5) is 14.9. The van der Waals surface area contributed by atoms with Gasteiger partial charge in [-0.05, 0) is 32.2 Å². The average Bonchev–Trinajstić information content (AvgIpc) is 3.18. The molecule has 1 amide bonds. The highest BCUT2D eigenvalue weighted by Crippen LogP contribution is 2.36. The molecule has 2 heterocycles. The van der Waals surface area contributed by atoms with E-state index in [-0.39, 0.29) is 29.9 Å². The summed E-state index contributed by atoms with van der Waals surface area (Å²) in [5, 5.41) is 6.55. The minimum Gasteiger partial charge on any atom is -0.353 e. The van der Waals surface area contributed by atoms with Gasteiger partial charge in [0.05, 0.1) is 6.04 Å². The molecule has 1 aliphatic carbocycles. The highest BCUT2D eigenvalue weighted by Gasteiger charge is 2.40. The molecule has 122 valence electrons. The molecule has 1 atom stereocenters. The van der Waals surface area contributed by atoms with E-state index in [1.807, 2.05) is 0 Å². The van der Waals surface area contributed by atoms with Gasteiger partial charge < -0.3 is 10.6 Å². The van der Waals surface area contributed by atoms with Crippen molar-refractivity contribution in [3.63, 3.8) is 0 Å². The molecule has 2 N–H and O–H groups in total. The Balaban J connectivity index is 0.00000161. The summed E-state index contributed by atoms with van der Waals surface area (Å²) in [5.74, 6) is 2.72. The van der Waals surface area contributed by atoms with E-state index in [0.29, 0.717) is 0 Å². The normalized spacial score (nSPS) is 29.0. The van der Waals surface area contributed by atoms with Gasteiger partial charge in [0, 0.05) is 36.7 Å². The number of amides is 1. The fourth-order valence-electron chi connectivity index (χ4n) is 3.96. The predicted octanol–water partition coefficient (Wildman–Crippen LogP) is 1.64. The third-order valence-corrected chi connectivity index (χ3v) is 6.13. The Kier molecular flexibility index (Phi) is 6.66. The summed E-state index contributed by atoms with van der Waals surface area (Å²) >= 11 is 2.06. The van der Waals surface area contributed by atoms with Gasteiger partial charge in [-0.15, -0.1) is 12.4 Å². The van der Waals surface area contributed by atoms with Crippen LogP contribution in [0.15, 0.2) is 0 Å². The summed E-state index contributed by atoms with van der Waals surface area (Å²) in [7, 11) is 0. The maximum Gasteiger partial charge on any atom is 0.237 e. The zero-order chi connectivity index (χ0) is 13.8. The van der Waals surface area contributed by atoms with Gasteiger partial charge in [0.2, 0.25) is 5.91 Å². The molecule has 2 aliphatic heterocycles. The van der Waals surface area contributed by atoms with Crippen molar-refractivity contribution >= 4 is 30.1 Å². The monoisotopic (exact) mass is 333 g/mol. The van der Waals surface area contributed by atoms with Crippen LogP contribution >= 0.6 is 24.2 Å². The highest BCUT2D eigenvalue weighted by molar-refractivity contribution is 7.99. The maximum atomic E-state index is 12.2. The molecule has 4 nitrogen and oxygen atoms in total. The largest absolute Gasteiger partial charge is 0.353 e. The number of rotatable bonds is 4. The van der Waals surface area contributed by atoms with Crippen LogP contribution in [0.4, 0.5) is 0 Å². The summed E-state index contributed by atoms with van der Waals surface area (Å²) in [5.41, 5.74) is 0.259. The van der Waals surface area contributed by atoms with E-state index in [0.717, 1.165) is 25.9 Å². The molecule has 0 radical (unpaired) electrons. The lowest BCUT2D eigenvalue weighted by molar-refractivity contribution is -0.123. The van der Waals surface area contributed by atoms with Crippen molar-refractivity contribution in [2.24, 2.45) is 0 Å². The molecule has 0 aromatic carbocycles. The Morgan fingerprint density at radius 1 is 1.24 bits per heavy atom. The van der Waals surface area contributed by atoms with Crippen molar-refractivity contribution in [1.82, 2.24) is 15.5 Å². The number of hydrogen-bond acceptors (Lipinski definition) is 4. The zero-order valence-corrected chi connectivity index (χ0v) is 14.4. The van der Waals surface area contributed by atoms with Crippen LogP contribution in [0.2, 0.25) is 0 Å². The van der Waals surface area contributed by atoms with Crippen molar-refractivity contribution in [3.05, 3.63) is 0 Å². The van der Waals surface area contributed by atoms with Crippen molar-refractivity contribution < 1.29 is 4.79 Å². The lowest BCUT2D eigenvalue weighted by Crippen LogP contribution is -2.57. The van der Waals surface area contributed by atoms with Crippen LogP contribution in [0, 0.1) is 0 Å². The Morgan fingerprint density at radius 3 is 2.57 bits per heavy atom. The predicted molar refractivity (Wildman–Crippen MR) is 91.4 cm³/mol. The molecule has 3 fully saturated rings. The number of nitrogens with one attached hydrogen (secondary N) is 2. The summed E-state index contributed by atoms with van der Waals surface area (Å²) in [6.45, 7) is 4.24. The van der Waals surface area contributed by atoms with Crippen molar-refractivity contribution in [3.8, 4) is 0 Å². The summed E-state index contributed by atoms with van der Waals surface area (Å²) < 4.78 is 0. The van der Waals surface area contributed by atoms with Gasteiger partial charge in [0.1, 0.15) is 0 Å². The van der Waals surface area contributed by atoms with Crippen molar-refractivity contribution in [2.75, 3.05) is 37.7 Å². The van der Waals surface area contributed by atoms with E-state index in [2.05, 4.69) is 27.3 Å². The molecular weight excluding hydrogens is 306 g/mol. The van der Waals surface area contributed by atoms with Crippen LogP contribution in [0.1, 0.15) is 38.5 Å². The molecule has 0 aromatic rings. The molecule has 21 heavy (non-hydrogen) atoms. The molecule has 0 spiro atoms. The Morgan fingerprint density at radius 2 is 1.95 bits per heavy atom. The minimum absolute atomic E-state index is 0. The van der Waals surface area contributed by atoms with Crippen LogP contribution in [-0.2, 0) is 4.79 Å². The first-order valence-electron chi connectivity index (χ1n) is 8.14. The first-order valence-corrected chi connectivity index (χ1v) is 9.30. The molecule has 6 heteroatoms. The Hall–Kier alpha value is 0.0300. The van der Waals surface area contributed by atoms with E-state index in [9.17, 15) is 4.79 Å². The maximum absolute atomic E-state index is 12.2. The van der Waals surface area contributed by atoms with E-state index in [1.54, 1.807) is 0 Å². The first kappa shape index (κ1) is 17.4. The lowest BCUT2D eigenvalue weighted by Gasteiger charge is -2.43. The Bertz CT molecular complexity index is 338. The minimum atomic E-state index is 0. The van der Waals surface area contributed by atoms with Gasteiger partial charge in [-0.3, -0.25) is 9.69 Å². The third-order valence-electron chi connectivity index (χ3n) is 5.18. The van der Waals surface area contributed by atoms with Crippen LogP contribution in [0.3, 0.4) is 0 Å². The molecular formula is C15H28ClN3OS. The van der Waals surface area contributed by atoms with Gasteiger partial charge in [-0.1, -0.05) is 12.8 Å². The molecule has 3 rings (SSSR count). The van der Waals surface area contributed by atoms with E-state index in [4.69, 9.17) is 0 Å². The average molecular weight is 334 g/mol. The zero-order valence-electron chi connectivity index (χ0n) is 12.7. The van der Waals surface area contributed by atoms with Gasteiger partial charge >= 0.3 is 0 Å². The number of carbonyl (C=O) groups excluding carboxylic acids is 1. The van der Waals surface area contributed by atoms with Gasteiger partial charge in [0.15, 0.2) is 0 Å². The smallest absolute Gasteiger partial charge is 0.237 e. The molecule has 1 unspecified atom stereocenters. The van der Waals surface area contributed by atoms with Crippen LogP contribution < -0.4 is 10.6 Å². The fraction of sp³-hybridized carbons (Fsp3) is 0.933. The van der Waals surface area contributed by atoms with E-state index >= 15 is 0 Å². The second-order valence-corrected chi connectivity index (χ2v) is 7.62. The number of hydrogen-bond donors (Lipinski definition) is 2. The van der Waals surface area contributed by atoms with Gasteiger partial charge in [0.25, 0.3) is 0 Å². The Labute approximate surface area is 138 Å². The first-order chi connectivity index (χ1) is 9.80. The fourth-order valence-corrected chi connectivity index (χ4v) is 4.86. The van der Waals surface area contributed by atoms with Gasteiger partial charge in [-0.25, -0.2) is 0 Å². The number of nitrogens with zero attached hydrogens (tertiary/aromatic N) is 1. The molecule has 3 aliphatic rings. The molecule has 1 saturated carbocycles. The van der Waals surface area contributed by atoms with Crippen molar-refractivity contribution in [1.29, 1.82) is 0 Å². The van der Waals surface area contributed by atoms with Crippen LogP contribution in [0.5, 0.6) is 0 Å². The van der Waals surface area contributed by atoms with Crippen LogP contribution in [-0.4, -0.2) is 60.1 Å². The van der Waals surface area contributed by atoms with E-state index in [1.165, 1.54) is 50.3 Å². The standard InChI is InChI=1S/C15H27N3OS.ClH/c19-14(13-4-3-7-16-13)17-12-15(5-1-2-6-15)18-8-10-20-11-9-18;/h13,16H,1-12H2,(H,17,19);1H. The SMILES string of the molecule is Cl.O=C(NCC1(N2CCSCC2)CCCC1)C1CCCN1. The number of carbonyl (C=O) groups is 1. The second kappa shape index (κ2) is 8.04. The number of thioether (sulfide) groups is 1. The molecule has 0 aromatic heterocycles. The topological polar surface area (TPSA) is 44.4 Å². The van der Waals surface area contributed by atoms with E-state index < -0.39 is 0 Å². The summed E-state index contributed by atoms with van der Waals surface area (Å²) in [6, 6.07) is 0.0605. The third kappa shape index (κ3) is 4.06. The lowest BCUT2D eigenvalue weighted by atomic mass is 9.94.